The average Bonchev–Trinajstić information content (AvgIpc) is 2.99. The predicted molar refractivity (Wildman–Crippen MR) is 95.3 cm³/mol. The Hall–Kier alpha value is -1.70. The molecule has 0 aliphatic carbocycles. The molecule has 0 aromatic heterocycles. The molecule has 0 radical (unpaired) electrons. The van der Waals surface area contributed by atoms with Crippen LogP contribution in [-0.4, -0.2) is 51.9 Å². The third-order valence-electron chi connectivity index (χ3n) is 6.30. The Balaban J connectivity index is 2.01. The summed E-state index contributed by atoms with van der Waals surface area (Å²) in [4.78, 5) is 24.6. The maximum absolute atomic E-state index is 12.4. The second-order valence-corrected chi connectivity index (χ2v) is 8.23. The van der Waals surface area contributed by atoms with Gasteiger partial charge in [0.15, 0.2) is 5.79 Å². The quantitative estimate of drug-likeness (QED) is 0.554. The van der Waals surface area contributed by atoms with Crippen LogP contribution in [0, 0.1) is 11.8 Å². The van der Waals surface area contributed by atoms with Crippen LogP contribution in [0.2, 0.25) is 0 Å². The highest BCUT2D eigenvalue weighted by molar-refractivity contribution is 5.91. The number of rotatable bonds is 2. The van der Waals surface area contributed by atoms with E-state index in [1.807, 2.05) is 0 Å². The van der Waals surface area contributed by atoms with Crippen LogP contribution >= 0.6 is 0 Å². The van der Waals surface area contributed by atoms with E-state index in [0.29, 0.717) is 12.0 Å². The average molecular weight is 380 g/mol. The topological polar surface area (TPSA) is 102 Å². The van der Waals surface area contributed by atoms with Gasteiger partial charge < -0.3 is 24.4 Å². The van der Waals surface area contributed by atoms with Crippen molar-refractivity contribution in [3.63, 3.8) is 0 Å². The second-order valence-electron chi connectivity index (χ2n) is 8.23. The minimum atomic E-state index is -1.53. The van der Waals surface area contributed by atoms with Gasteiger partial charge in [-0.05, 0) is 27.2 Å². The largest absolute Gasteiger partial charge is 0.458 e. The zero-order chi connectivity index (χ0) is 20.1. The molecule has 0 aromatic rings. The maximum atomic E-state index is 12.4. The van der Waals surface area contributed by atoms with Crippen molar-refractivity contribution in [3.8, 4) is 0 Å². The van der Waals surface area contributed by atoms with Gasteiger partial charge in [-0.25, -0.2) is 9.59 Å². The Bertz CT molecular complexity index is 698. The van der Waals surface area contributed by atoms with Gasteiger partial charge in [-0.15, -0.1) is 0 Å². The summed E-state index contributed by atoms with van der Waals surface area (Å²) in [6.07, 6.45) is -0.166. The highest BCUT2D eigenvalue weighted by Crippen LogP contribution is 2.49. The van der Waals surface area contributed by atoms with E-state index in [1.54, 1.807) is 33.8 Å². The van der Waals surface area contributed by atoms with Crippen molar-refractivity contribution in [2.75, 3.05) is 0 Å². The SMILES string of the molecule is C=C1C(=O)O[C@@H]2C[C@H](C)[C@]3(O)C[C@H](O)[C@@](C)(C[C@@H](OC(=O)/C(C)=C\C)[C@@H]12)O3. The van der Waals surface area contributed by atoms with Gasteiger partial charge in [-0.1, -0.05) is 19.6 Å². The Morgan fingerprint density at radius 3 is 2.70 bits per heavy atom. The van der Waals surface area contributed by atoms with Crippen molar-refractivity contribution in [3.05, 3.63) is 23.8 Å². The van der Waals surface area contributed by atoms with Gasteiger partial charge >= 0.3 is 11.9 Å². The van der Waals surface area contributed by atoms with Crippen molar-refractivity contribution < 1.29 is 34.0 Å². The summed E-state index contributed by atoms with van der Waals surface area (Å²) < 4.78 is 17.1. The lowest BCUT2D eigenvalue weighted by Gasteiger charge is -2.34. The van der Waals surface area contributed by atoms with Gasteiger partial charge in [0.2, 0.25) is 0 Å². The van der Waals surface area contributed by atoms with E-state index in [9.17, 15) is 19.8 Å². The lowest BCUT2D eigenvalue weighted by atomic mass is 9.78. The second kappa shape index (κ2) is 6.72. The number of aliphatic hydroxyl groups excluding tert-OH is 1. The number of allylic oxidation sites excluding steroid dienone is 1. The van der Waals surface area contributed by atoms with E-state index < -0.39 is 53.5 Å². The number of aliphatic hydroxyl groups is 2. The van der Waals surface area contributed by atoms with Crippen LogP contribution < -0.4 is 0 Å². The third-order valence-corrected chi connectivity index (χ3v) is 6.30. The summed E-state index contributed by atoms with van der Waals surface area (Å²) in [5.41, 5.74) is -0.449. The molecule has 7 nitrogen and oxygen atoms in total. The number of hydrogen-bond acceptors (Lipinski definition) is 7. The normalized spacial score (nSPS) is 44.8. The van der Waals surface area contributed by atoms with Crippen LogP contribution in [0.5, 0.6) is 0 Å². The van der Waals surface area contributed by atoms with Crippen molar-refractivity contribution in [2.24, 2.45) is 11.8 Å². The number of ether oxygens (including phenoxy) is 3. The summed E-state index contributed by atoms with van der Waals surface area (Å²) in [6, 6.07) is 0. The molecule has 3 fully saturated rings. The van der Waals surface area contributed by atoms with E-state index in [2.05, 4.69) is 6.58 Å². The first-order valence-electron chi connectivity index (χ1n) is 9.35. The van der Waals surface area contributed by atoms with E-state index in [-0.39, 0.29) is 18.4 Å². The zero-order valence-electron chi connectivity index (χ0n) is 16.2. The summed E-state index contributed by atoms with van der Waals surface area (Å²) in [7, 11) is 0. The Kier molecular flexibility index (Phi) is 4.99. The molecule has 2 bridgehead atoms. The monoisotopic (exact) mass is 380 g/mol. The van der Waals surface area contributed by atoms with Gasteiger partial charge in [0.1, 0.15) is 12.2 Å². The lowest BCUT2D eigenvalue weighted by molar-refractivity contribution is -0.252. The molecule has 0 aromatic carbocycles. The molecule has 3 rings (SSSR count). The molecule has 0 unspecified atom stereocenters. The Morgan fingerprint density at radius 2 is 2.07 bits per heavy atom. The summed E-state index contributed by atoms with van der Waals surface area (Å²) >= 11 is 0. The Labute approximate surface area is 159 Å². The van der Waals surface area contributed by atoms with E-state index in [4.69, 9.17) is 14.2 Å². The number of esters is 2. The van der Waals surface area contributed by atoms with Gasteiger partial charge in [-0.3, -0.25) is 0 Å². The first-order valence-corrected chi connectivity index (χ1v) is 9.35. The molecular formula is C20H28O7. The number of carbonyl (C=O) groups excluding carboxylic acids is 2. The van der Waals surface area contributed by atoms with Crippen LogP contribution in [0.25, 0.3) is 0 Å². The number of fused-ring (bicyclic) bond motifs is 3. The maximum Gasteiger partial charge on any atom is 0.334 e. The number of hydrogen-bond donors (Lipinski definition) is 2. The van der Waals surface area contributed by atoms with Gasteiger partial charge in [0, 0.05) is 29.9 Å². The van der Waals surface area contributed by atoms with Crippen molar-refractivity contribution >= 4 is 11.9 Å². The van der Waals surface area contributed by atoms with E-state index >= 15 is 0 Å². The van der Waals surface area contributed by atoms with Crippen LogP contribution in [-0.2, 0) is 23.8 Å². The highest BCUT2D eigenvalue weighted by Gasteiger charge is 2.60. The molecule has 7 heteroatoms. The highest BCUT2D eigenvalue weighted by atomic mass is 16.7. The van der Waals surface area contributed by atoms with E-state index in [0.717, 1.165) is 0 Å². The summed E-state index contributed by atoms with van der Waals surface area (Å²) in [6.45, 7) is 10.7. The smallest absolute Gasteiger partial charge is 0.334 e. The molecule has 3 heterocycles. The summed E-state index contributed by atoms with van der Waals surface area (Å²) in [5.74, 6) is -3.51. The van der Waals surface area contributed by atoms with Crippen LogP contribution in [0.3, 0.4) is 0 Å². The molecule has 0 saturated carbocycles. The predicted octanol–water partition coefficient (Wildman–Crippen LogP) is 1.62. The number of carbonyl (C=O) groups is 2. The van der Waals surface area contributed by atoms with Gasteiger partial charge in [0.25, 0.3) is 0 Å². The fourth-order valence-electron chi connectivity index (χ4n) is 4.31. The lowest BCUT2D eigenvalue weighted by Crippen LogP contribution is -2.44. The molecular weight excluding hydrogens is 352 g/mol. The van der Waals surface area contributed by atoms with Crippen LogP contribution in [0.1, 0.15) is 47.0 Å². The first kappa shape index (κ1) is 20.0. The zero-order valence-corrected chi connectivity index (χ0v) is 16.2. The fraction of sp³-hybridized carbons (Fsp3) is 0.700. The van der Waals surface area contributed by atoms with Gasteiger partial charge in [-0.2, -0.15) is 0 Å². The molecule has 3 saturated heterocycles. The summed E-state index contributed by atoms with van der Waals surface area (Å²) in [5, 5.41) is 21.5. The molecule has 0 amide bonds. The molecule has 0 spiro atoms. The fourth-order valence-corrected chi connectivity index (χ4v) is 4.31. The first-order chi connectivity index (χ1) is 12.5. The minimum Gasteiger partial charge on any atom is -0.458 e. The molecule has 7 atom stereocenters. The standard InChI is InChI=1S/C20H28O7/c1-6-10(2)17(22)26-14-8-19(5)15(21)9-20(24,27-19)11(3)7-13-16(14)12(4)18(23)25-13/h6,11,13-16,21,24H,4,7-9H2,1-3,5H3/b10-6-/t11-,13+,14+,15-,16-,19+,20-/m0/s1. The van der Waals surface area contributed by atoms with Crippen molar-refractivity contribution in [1.82, 2.24) is 0 Å². The minimum absolute atomic E-state index is 0.0471. The molecule has 150 valence electrons. The van der Waals surface area contributed by atoms with Crippen LogP contribution in [0.4, 0.5) is 0 Å². The molecule has 2 N–H and O–H groups in total. The Morgan fingerprint density at radius 1 is 1.41 bits per heavy atom. The molecule has 27 heavy (non-hydrogen) atoms. The third kappa shape index (κ3) is 3.32. The molecule has 3 aliphatic heterocycles. The van der Waals surface area contributed by atoms with Crippen molar-refractivity contribution in [2.45, 2.75) is 76.7 Å². The van der Waals surface area contributed by atoms with E-state index in [1.165, 1.54) is 0 Å². The van der Waals surface area contributed by atoms with Crippen molar-refractivity contribution in [1.29, 1.82) is 0 Å². The molecule has 3 aliphatic rings. The van der Waals surface area contributed by atoms with Crippen LogP contribution in [0.15, 0.2) is 23.8 Å². The van der Waals surface area contributed by atoms with Gasteiger partial charge in [0.05, 0.1) is 17.6 Å².